The third-order valence-electron chi connectivity index (χ3n) is 1.56. The molecule has 0 unspecified atom stereocenters. The number of aliphatic hydroxyl groups is 1. The second-order valence-electron chi connectivity index (χ2n) is 3.15. The summed E-state index contributed by atoms with van der Waals surface area (Å²) in [6.45, 7) is 2.62. The van der Waals surface area contributed by atoms with Crippen LogP contribution in [0.3, 0.4) is 0 Å². The quantitative estimate of drug-likeness (QED) is 0.341. The summed E-state index contributed by atoms with van der Waals surface area (Å²) in [6, 6.07) is 0. The van der Waals surface area contributed by atoms with Crippen molar-refractivity contribution in [2.75, 3.05) is 38.9 Å². The van der Waals surface area contributed by atoms with Crippen molar-refractivity contribution >= 4 is 11.6 Å². The van der Waals surface area contributed by atoms with E-state index < -0.39 is 0 Å². The third-order valence-corrected chi connectivity index (χ3v) is 1.90. The highest BCUT2D eigenvalue weighted by Crippen LogP contribution is 2.08. The van der Waals surface area contributed by atoms with Gasteiger partial charge in [-0.2, -0.15) is 0 Å². The Bertz CT molecular complexity index is 248. The number of rotatable bonds is 4. The molecule has 4 nitrogen and oxygen atoms in total. The minimum absolute atomic E-state index is 0.153. The number of hydrogen-bond acceptors (Lipinski definition) is 4. The van der Waals surface area contributed by atoms with Crippen molar-refractivity contribution < 1.29 is 19.3 Å². The van der Waals surface area contributed by atoms with Crippen molar-refractivity contribution in [3.05, 3.63) is 0 Å². The van der Waals surface area contributed by atoms with Crippen LogP contribution in [0.25, 0.3) is 0 Å². The Labute approximate surface area is 107 Å². The number of ether oxygens (including phenoxy) is 3. The molecule has 2 aliphatic heterocycles. The first-order valence-electron chi connectivity index (χ1n) is 5.13. The van der Waals surface area contributed by atoms with E-state index in [-0.39, 0.29) is 6.61 Å². The van der Waals surface area contributed by atoms with Crippen LogP contribution < -0.4 is 0 Å². The van der Waals surface area contributed by atoms with Gasteiger partial charge in [-0.3, -0.25) is 0 Å². The second kappa shape index (κ2) is 11.7. The lowest BCUT2D eigenvalue weighted by Crippen LogP contribution is -2.00. The van der Waals surface area contributed by atoms with Crippen LogP contribution in [0, 0.1) is 24.7 Å². The van der Waals surface area contributed by atoms with Gasteiger partial charge >= 0.3 is 0 Å². The van der Waals surface area contributed by atoms with Gasteiger partial charge in [0.15, 0.2) is 0 Å². The largest absolute Gasteiger partial charge is 0.384 e. The van der Waals surface area contributed by atoms with Gasteiger partial charge in [0.25, 0.3) is 0 Å². The van der Waals surface area contributed by atoms with Gasteiger partial charge in [0.05, 0.1) is 31.8 Å². The van der Waals surface area contributed by atoms with Gasteiger partial charge in [-0.1, -0.05) is 11.8 Å². The third kappa shape index (κ3) is 15.2. The van der Waals surface area contributed by atoms with E-state index in [1.165, 1.54) is 0 Å². The lowest BCUT2D eigenvalue weighted by Gasteiger charge is -1.91. The summed E-state index contributed by atoms with van der Waals surface area (Å²) in [5, 5.41) is 7.64. The minimum atomic E-state index is -0.153. The maximum absolute atomic E-state index is 7.64. The summed E-state index contributed by atoms with van der Waals surface area (Å²) in [5.41, 5.74) is 0. The number of aliphatic hydroxyl groups excluding tert-OH is 1. The van der Waals surface area contributed by atoms with Crippen LogP contribution in [0.5, 0.6) is 0 Å². The van der Waals surface area contributed by atoms with Crippen LogP contribution in [0.2, 0.25) is 0 Å². The Kier molecular flexibility index (Phi) is 11.2. The topological polar surface area (TPSA) is 54.5 Å². The molecule has 0 aromatic heterocycles. The monoisotopic (exact) mass is 260 g/mol. The molecule has 0 aliphatic carbocycles. The zero-order chi connectivity index (χ0) is 12.9. The summed E-state index contributed by atoms with van der Waals surface area (Å²) in [4.78, 5) is 0. The molecule has 0 radical (unpaired) electrons. The van der Waals surface area contributed by atoms with Crippen molar-refractivity contribution in [3.8, 4) is 24.7 Å². The SMILES string of the molecule is C#CCO.C#CCOC[C@H]1CO1.ClC[C@H]1CO1. The zero-order valence-electron chi connectivity index (χ0n) is 9.60. The molecule has 0 bridgehead atoms. The van der Waals surface area contributed by atoms with Gasteiger partial charge in [-0.05, 0) is 0 Å². The van der Waals surface area contributed by atoms with Crippen molar-refractivity contribution in [2.24, 2.45) is 0 Å². The van der Waals surface area contributed by atoms with Crippen LogP contribution >= 0.6 is 11.6 Å². The fourth-order valence-electron chi connectivity index (χ4n) is 0.571. The molecule has 2 saturated heterocycles. The number of terminal acetylenes is 2. The van der Waals surface area contributed by atoms with Crippen molar-refractivity contribution in [3.63, 3.8) is 0 Å². The molecule has 96 valence electrons. The summed E-state index contributed by atoms with van der Waals surface area (Å²) in [6.07, 6.45) is 10.2. The Morgan fingerprint density at radius 2 is 1.76 bits per heavy atom. The molecule has 2 atom stereocenters. The van der Waals surface area contributed by atoms with Gasteiger partial charge in [0, 0.05) is 0 Å². The van der Waals surface area contributed by atoms with E-state index in [2.05, 4.69) is 12.3 Å². The lowest BCUT2D eigenvalue weighted by atomic mass is 10.5. The smallest absolute Gasteiger partial charge is 0.107 e. The van der Waals surface area contributed by atoms with E-state index in [1.807, 2.05) is 5.92 Å². The maximum atomic E-state index is 7.64. The van der Waals surface area contributed by atoms with Crippen LogP contribution in [0.1, 0.15) is 0 Å². The first-order valence-corrected chi connectivity index (χ1v) is 5.66. The first-order chi connectivity index (χ1) is 8.28. The molecule has 2 fully saturated rings. The molecule has 0 spiro atoms. The molecule has 2 rings (SSSR count). The molecule has 0 saturated carbocycles. The van der Waals surface area contributed by atoms with E-state index in [1.54, 1.807) is 0 Å². The van der Waals surface area contributed by atoms with Gasteiger partial charge < -0.3 is 19.3 Å². The van der Waals surface area contributed by atoms with E-state index in [4.69, 9.17) is 37.3 Å². The molecule has 2 heterocycles. The van der Waals surface area contributed by atoms with Gasteiger partial charge in [0.2, 0.25) is 0 Å². The predicted octanol–water partition coefficient (Wildman–Crippen LogP) is 0.271. The van der Waals surface area contributed by atoms with Crippen molar-refractivity contribution in [2.45, 2.75) is 12.2 Å². The van der Waals surface area contributed by atoms with Crippen molar-refractivity contribution in [1.82, 2.24) is 0 Å². The van der Waals surface area contributed by atoms with Gasteiger partial charge in [0.1, 0.15) is 19.3 Å². The molecule has 2 aliphatic rings. The average molecular weight is 261 g/mol. The number of alkyl halides is 1. The second-order valence-corrected chi connectivity index (χ2v) is 3.46. The Morgan fingerprint density at radius 1 is 1.24 bits per heavy atom. The van der Waals surface area contributed by atoms with Crippen LogP contribution in [-0.2, 0) is 14.2 Å². The van der Waals surface area contributed by atoms with E-state index >= 15 is 0 Å². The van der Waals surface area contributed by atoms with E-state index in [0.29, 0.717) is 31.3 Å². The van der Waals surface area contributed by atoms with Crippen LogP contribution in [0.4, 0.5) is 0 Å². The standard InChI is InChI=1S/C6H8O2.C3H5ClO.C3H4O/c1-2-3-7-4-6-5-8-6;4-1-3-2-5-3;1-2-3-4/h1,6H,3-5H2;3H,1-2H2;1,4H,3H2/t6-;3-;/m00./s1. The number of halogens is 1. The summed E-state index contributed by atoms with van der Waals surface area (Å²) >= 11 is 5.27. The molecular weight excluding hydrogens is 244 g/mol. The highest BCUT2D eigenvalue weighted by Gasteiger charge is 2.21. The molecule has 0 amide bonds. The summed E-state index contributed by atoms with van der Waals surface area (Å²) in [7, 11) is 0. The Hall–Kier alpha value is -0.750. The normalized spacial score (nSPS) is 22.8. The predicted molar refractivity (Wildman–Crippen MR) is 65.8 cm³/mol. The number of hydrogen-bond donors (Lipinski definition) is 1. The first kappa shape index (κ1) is 16.2. The summed E-state index contributed by atoms with van der Waals surface area (Å²) < 4.78 is 14.5. The van der Waals surface area contributed by atoms with Crippen molar-refractivity contribution in [1.29, 1.82) is 0 Å². The molecule has 0 aromatic carbocycles. The van der Waals surface area contributed by atoms with Gasteiger partial charge in [-0.25, -0.2) is 0 Å². The fraction of sp³-hybridized carbons (Fsp3) is 0.667. The highest BCUT2D eigenvalue weighted by atomic mass is 35.5. The molecule has 0 aromatic rings. The Morgan fingerprint density at radius 3 is 2.00 bits per heavy atom. The summed E-state index contributed by atoms with van der Waals surface area (Å²) in [5.74, 6) is 5.03. The number of epoxide rings is 2. The van der Waals surface area contributed by atoms with E-state index in [9.17, 15) is 0 Å². The highest BCUT2D eigenvalue weighted by molar-refractivity contribution is 6.18. The fourth-order valence-corrected chi connectivity index (χ4v) is 0.749. The average Bonchev–Trinajstić information content (AvgIpc) is 3.22. The molecule has 1 N–H and O–H groups in total. The lowest BCUT2D eigenvalue weighted by molar-refractivity contribution is 0.145. The van der Waals surface area contributed by atoms with Gasteiger partial charge in [-0.15, -0.1) is 24.4 Å². The molecular formula is C12H17ClO4. The van der Waals surface area contributed by atoms with Crippen LogP contribution in [0.15, 0.2) is 0 Å². The minimum Gasteiger partial charge on any atom is -0.384 e. The maximum Gasteiger partial charge on any atom is 0.107 e. The molecule has 17 heavy (non-hydrogen) atoms. The zero-order valence-corrected chi connectivity index (χ0v) is 10.4. The molecule has 5 heteroatoms. The van der Waals surface area contributed by atoms with E-state index in [0.717, 1.165) is 13.2 Å². The Balaban J connectivity index is 0.000000246. The van der Waals surface area contributed by atoms with Crippen LogP contribution in [-0.4, -0.2) is 56.2 Å².